The van der Waals surface area contributed by atoms with E-state index >= 15 is 0 Å². The molecule has 0 bridgehead atoms. The minimum atomic E-state index is -0.189. The number of rotatable bonds is 0. The van der Waals surface area contributed by atoms with Crippen LogP contribution in [-0.2, 0) is 6.42 Å². The third-order valence-corrected chi connectivity index (χ3v) is 2.56. The average molecular weight is 264 g/mol. The van der Waals surface area contributed by atoms with Crippen LogP contribution in [0.2, 0.25) is 0 Å². The molecule has 1 heterocycles. The second kappa shape index (κ2) is 2.62. The maximum absolute atomic E-state index is 12.9. The molecular formula is C8H6FIO. The van der Waals surface area contributed by atoms with Gasteiger partial charge < -0.3 is 4.74 Å². The molecule has 1 nitrogen and oxygen atoms in total. The zero-order valence-corrected chi connectivity index (χ0v) is 7.89. The Bertz CT molecular complexity index is 269. The van der Waals surface area contributed by atoms with E-state index < -0.39 is 0 Å². The van der Waals surface area contributed by atoms with Gasteiger partial charge in [0, 0.05) is 16.1 Å². The summed E-state index contributed by atoms with van der Waals surface area (Å²) in [5.74, 6) is 0.522. The molecule has 0 unspecified atom stereocenters. The van der Waals surface area contributed by atoms with Gasteiger partial charge in [0.15, 0.2) is 0 Å². The molecule has 0 N–H and O–H groups in total. The van der Waals surface area contributed by atoms with Gasteiger partial charge in [0.25, 0.3) is 0 Å². The molecule has 0 radical (unpaired) electrons. The van der Waals surface area contributed by atoms with Crippen LogP contribution in [0.1, 0.15) is 5.56 Å². The Hall–Kier alpha value is -0.320. The fourth-order valence-electron chi connectivity index (χ4n) is 1.17. The minimum Gasteiger partial charge on any atom is -0.493 e. The molecule has 0 aliphatic carbocycles. The molecule has 0 saturated carbocycles. The monoisotopic (exact) mass is 264 g/mol. The van der Waals surface area contributed by atoms with Crippen LogP contribution in [0.25, 0.3) is 0 Å². The molecule has 0 spiro atoms. The summed E-state index contributed by atoms with van der Waals surface area (Å²) in [6.45, 7) is 0.689. The molecule has 1 aliphatic heterocycles. The highest BCUT2D eigenvalue weighted by molar-refractivity contribution is 14.1. The van der Waals surface area contributed by atoms with E-state index in [1.807, 2.05) is 28.7 Å². The van der Waals surface area contributed by atoms with Crippen molar-refractivity contribution in [1.82, 2.24) is 0 Å². The Balaban J connectivity index is 2.57. The average Bonchev–Trinajstić information content (AvgIpc) is 2.36. The normalized spacial score (nSPS) is 14.4. The number of halogens is 2. The van der Waals surface area contributed by atoms with Crippen LogP contribution in [0.15, 0.2) is 12.1 Å². The van der Waals surface area contributed by atoms with E-state index in [4.69, 9.17) is 4.74 Å². The molecule has 0 aromatic heterocycles. The summed E-state index contributed by atoms with van der Waals surface area (Å²) >= 11 is 1.99. The standard InChI is InChI=1S/C8H6FIO/c9-6-4-8-5(1-2-11-8)3-7(6)10/h3-4H,1-2H2. The van der Waals surface area contributed by atoms with Crippen LogP contribution in [0.5, 0.6) is 5.75 Å². The van der Waals surface area contributed by atoms with Gasteiger partial charge in [-0.25, -0.2) is 4.39 Å². The van der Waals surface area contributed by atoms with Gasteiger partial charge in [0.2, 0.25) is 0 Å². The fourth-order valence-corrected chi connectivity index (χ4v) is 1.70. The van der Waals surface area contributed by atoms with E-state index in [1.165, 1.54) is 6.07 Å². The molecule has 11 heavy (non-hydrogen) atoms. The highest BCUT2D eigenvalue weighted by Gasteiger charge is 2.14. The lowest BCUT2D eigenvalue weighted by atomic mass is 10.2. The van der Waals surface area contributed by atoms with Crippen LogP contribution in [0.3, 0.4) is 0 Å². The number of hydrogen-bond acceptors (Lipinski definition) is 1. The summed E-state index contributed by atoms with van der Waals surface area (Å²) < 4.78 is 18.8. The van der Waals surface area contributed by atoms with Crippen molar-refractivity contribution in [3.63, 3.8) is 0 Å². The summed E-state index contributed by atoms with van der Waals surface area (Å²) in [6.07, 6.45) is 0.908. The molecule has 0 saturated heterocycles. The van der Waals surface area contributed by atoms with Crippen LogP contribution < -0.4 is 4.74 Å². The molecular weight excluding hydrogens is 258 g/mol. The number of benzene rings is 1. The van der Waals surface area contributed by atoms with E-state index in [2.05, 4.69) is 0 Å². The van der Waals surface area contributed by atoms with Gasteiger partial charge in [-0.2, -0.15) is 0 Å². The Kier molecular flexibility index (Phi) is 1.75. The van der Waals surface area contributed by atoms with Gasteiger partial charge in [-0.3, -0.25) is 0 Å². The summed E-state index contributed by atoms with van der Waals surface area (Å²) in [7, 11) is 0. The topological polar surface area (TPSA) is 9.23 Å². The van der Waals surface area contributed by atoms with Crippen molar-refractivity contribution >= 4 is 22.6 Å². The Morgan fingerprint density at radius 1 is 1.45 bits per heavy atom. The van der Waals surface area contributed by atoms with E-state index in [0.29, 0.717) is 15.9 Å². The SMILES string of the molecule is Fc1cc2c(cc1I)CCO2. The summed E-state index contributed by atoms with van der Waals surface area (Å²) in [6, 6.07) is 3.31. The summed E-state index contributed by atoms with van der Waals surface area (Å²) in [5.41, 5.74) is 1.12. The van der Waals surface area contributed by atoms with Crippen LogP contribution >= 0.6 is 22.6 Å². The first kappa shape index (κ1) is 7.34. The first-order valence-corrected chi connectivity index (χ1v) is 4.46. The molecule has 58 valence electrons. The lowest BCUT2D eigenvalue weighted by Crippen LogP contribution is -1.86. The zero-order chi connectivity index (χ0) is 7.84. The molecule has 2 rings (SSSR count). The maximum atomic E-state index is 12.9. The summed E-state index contributed by atoms with van der Waals surface area (Å²) in [4.78, 5) is 0. The second-order valence-electron chi connectivity index (χ2n) is 2.47. The van der Waals surface area contributed by atoms with Crippen molar-refractivity contribution in [3.05, 3.63) is 27.1 Å². The summed E-state index contributed by atoms with van der Waals surface area (Å²) in [5, 5.41) is 0. The van der Waals surface area contributed by atoms with E-state index in [0.717, 1.165) is 12.0 Å². The molecule has 1 aliphatic rings. The van der Waals surface area contributed by atoms with Gasteiger partial charge >= 0.3 is 0 Å². The number of ether oxygens (including phenoxy) is 1. The third kappa shape index (κ3) is 1.21. The van der Waals surface area contributed by atoms with Crippen molar-refractivity contribution in [2.75, 3.05) is 6.61 Å². The molecule has 0 atom stereocenters. The van der Waals surface area contributed by atoms with E-state index in [1.54, 1.807) is 0 Å². The van der Waals surface area contributed by atoms with Crippen LogP contribution in [0.4, 0.5) is 4.39 Å². The predicted molar refractivity (Wildman–Crippen MR) is 48.3 cm³/mol. The fraction of sp³-hybridized carbons (Fsp3) is 0.250. The largest absolute Gasteiger partial charge is 0.493 e. The van der Waals surface area contributed by atoms with Crippen LogP contribution in [-0.4, -0.2) is 6.61 Å². The smallest absolute Gasteiger partial charge is 0.140 e. The lowest BCUT2D eigenvalue weighted by molar-refractivity contribution is 0.355. The molecule has 1 aromatic carbocycles. The van der Waals surface area contributed by atoms with Gasteiger partial charge in [-0.15, -0.1) is 0 Å². The Morgan fingerprint density at radius 3 is 3.09 bits per heavy atom. The molecule has 3 heteroatoms. The Morgan fingerprint density at radius 2 is 2.27 bits per heavy atom. The van der Waals surface area contributed by atoms with E-state index in [9.17, 15) is 4.39 Å². The number of fused-ring (bicyclic) bond motifs is 1. The highest BCUT2D eigenvalue weighted by Crippen LogP contribution is 2.28. The van der Waals surface area contributed by atoms with Gasteiger partial charge in [-0.05, 0) is 34.2 Å². The van der Waals surface area contributed by atoms with Crippen molar-refractivity contribution in [2.45, 2.75) is 6.42 Å². The minimum absolute atomic E-state index is 0.189. The molecule has 1 aromatic rings. The molecule has 0 amide bonds. The number of hydrogen-bond donors (Lipinski definition) is 0. The van der Waals surface area contributed by atoms with Crippen molar-refractivity contribution in [3.8, 4) is 5.75 Å². The van der Waals surface area contributed by atoms with Gasteiger partial charge in [0.05, 0.1) is 6.61 Å². The first-order chi connectivity index (χ1) is 5.27. The van der Waals surface area contributed by atoms with Crippen molar-refractivity contribution in [1.29, 1.82) is 0 Å². The van der Waals surface area contributed by atoms with E-state index in [-0.39, 0.29) is 5.82 Å². The first-order valence-electron chi connectivity index (χ1n) is 3.38. The maximum Gasteiger partial charge on any atom is 0.140 e. The van der Waals surface area contributed by atoms with Crippen molar-refractivity contribution in [2.24, 2.45) is 0 Å². The lowest BCUT2D eigenvalue weighted by Gasteiger charge is -1.99. The van der Waals surface area contributed by atoms with Crippen LogP contribution in [0, 0.1) is 9.39 Å². The highest BCUT2D eigenvalue weighted by atomic mass is 127. The van der Waals surface area contributed by atoms with Crippen molar-refractivity contribution < 1.29 is 9.13 Å². The second-order valence-corrected chi connectivity index (χ2v) is 3.63. The zero-order valence-electron chi connectivity index (χ0n) is 5.73. The third-order valence-electron chi connectivity index (χ3n) is 1.73. The van der Waals surface area contributed by atoms with Gasteiger partial charge in [-0.1, -0.05) is 0 Å². The Labute approximate surface area is 77.7 Å². The molecule has 0 fully saturated rings. The van der Waals surface area contributed by atoms with Gasteiger partial charge in [0.1, 0.15) is 11.6 Å². The quantitative estimate of drug-likeness (QED) is 0.653. The predicted octanol–water partition coefficient (Wildman–Crippen LogP) is 2.37.